The number of benzene rings is 2. The highest BCUT2D eigenvalue weighted by atomic mass is 15.2. The third kappa shape index (κ3) is 15.2. The second-order valence-corrected chi connectivity index (χ2v) is 13.9. The number of nitrogens with zero attached hydrogens (tertiary/aromatic N) is 2. The predicted octanol–water partition coefficient (Wildman–Crippen LogP) is 12.6. The molecule has 1 atom stereocenters. The first kappa shape index (κ1) is 37.1. The van der Waals surface area contributed by atoms with Crippen LogP contribution in [0.1, 0.15) is 178 Å². The summed E-state index contributed by atoms with van der Waals surface area (Å²) in [4.78, 5) is 0. The number of imidazole rings is 1. The van der Waals surface area contributed by atoms with E-state index >= 15 is 0 Å². The second kappa shape index (κ2) is 23.9. The first-order valence-corrected chi connectivity index (χ1v) is 19.4. The molecular formula is C43H69N2+. The molecule has 250 valence electrons. The monoisotopic (exact) mass is 614 g/mol. The zero-order valence-electron chi connectivity index (χ0n) is 29.8. The van der Waals surface area contributed by atoms with E-state index in [1.807, 2.05) is 0 Å². The fourth-order valence-corrected chi connectivity index (χ4v) is 6.99. The lowest BCUT2D eigenvalue weighted by molar-refractivity contribution is -0.704. The van der Waals surface area contributed by atoms with Gasteiger partial charge in [-0.05, 0) is 42.7 Å². The van der Waals surface area contributed by atoms with Crippen LogP contribution in [0.5, 0.6) is 0 Å². The van der Waals surface area contributed by atoms with Crippen molar-refractivity contribution in [2.45, 2.75) is 181 Å². The molecule has 0 aliphatic carbocycles. The SMILES string of the molecule is CCCCCCCCCCCCCn1c(CC(C)c2ccccc2)c[n+](CCCCCCCCCCC)c1Cc1ccccc1. The number of hydrogen-bond donors (Lipinski definition) is 0. The minimum absolute atomic E-state index is 0.517. The van der Waals surface area contributed by atoms with Crippen LogP contribution in [0.4, 0.5) is 0 Å². The Hall–Kier alpha value is -2.35. The summed E-state index contributed by atoms with van der Waals surface area (Å²) < 4.78 is 5.40. The Bertz CT molecular complexity index is 1100. The summed E-state index contributed by atoms with van der Waals surface area (Å²) in [5.74, 6) is 2.03. The number of aryl methyl sites for hydroxylation is 1. The molecule has 0 saturated heterocycles. The normalized spacial score (nSPS) is 12.2. The highest BCUT2D eigenvalue weighted by Crippen LogP contribution is 2.23. The van der Waals surface area contributed by atoms with Crippen LogP contribution in [0.2, 0.25) is 0 Å². The summed E-state index contributed by atoms with van der Waals surface area (Å²) in [6.07, 6.45) is 32.5. The van der Waals surface area contributed by atoms with Gasteiger partial charge >= 0.3 is 0 Å². The van der Waals surface area contributed by atoms with E-state index in [1.165, 1.54) is 151 Å². The van der Waals surface area contributed by atoms with Crippen LogP contribution < -0.4 is 4.57 Å². The van der Waals surface area contributed by atoms with Crippen LogP contribution >= 0.6 is 0 Å². The molecule has 0 aliphatic heterocycles. The number of hydrogen-bond acceptors (Lipinski definition) is 0. The van der Waals surface area contributed by atoms with Crippen molar-refractivity contribution < 1.29 is 4.57 Å². The molecule has 2 nitrogen and oxygen atoms in total. The Morgan fingerprint density at radius 1 is 0.556 bits per heavy atom. The average molecular weight is 614 g/mol. The quantitative estimate of drug-likeness (QED) is 0.0597. The highest BCUT2D eigenvalue weighted by Gasteiger charge is 2.25. The van der Waals surface area contributed by atoms with Gasteiger partial charge in [0, 0.05) is 6.42 Å². The Morgan fingerprint density at radius 2 is 1.02 bits per heavy atom. The Kier molecular flexibility index (Phi) is 19.7. The molecule has 1 heterocycles. The lowest BCUT2D eigenvalue weighted by atomic mass is 9.96. The Balaban J connectivity index is 1.64. The molecule has 0 spiro atoms. The molecule has 0 aliphatic rings. The van der Waals surface area contributed by atoms with Crippen molar-refractivity contribution in [3.63, 3.8) is 0 Å². The third-order valence-corrected chi connectivity index (χ3v) is 9.87. The third-order valence-electron chi connectivity index (χ3n) is 9.87. The van der Waals surface area contributed by atoms with E-state index in [0.717, 1.165) is 25.9 Å². The molecule has 3 rings (SSSR count). The van der Waals surface area contributed by atoms with Gasteiger partial charge in [-0.2, -0.15) is 0 Å². The second-order valence-electron chi connectivity index (χ2n) is 13.9. The fourth-order valence-electron chi connectivity index (χ4n) is 6.99. The van der Waals surface area contributed by atoms with Crippen LogP contribution in [-0.4, -0.2) is 4.57 Å². The van der Waals surface area contributed by atoms with Crippen LogP contribution in [0.15, 0.2) is 66.9 Å². The van der Waals surface area contributed by atoms with Gasteiger partial charge in [0.15, 0.2) is 0 Å². The van der Waals surface area contributed by atoms with Crippen LogP contribution in [0.25, 0.3) is 0 Å². The lowest BCUT2D eigenvalue weighted by Crippen LogP contribution is -2.37. The van der Waals surface area contributed by atoms with Gasteiger partial charge in [0.05, 0.1) is 19.5 Å². The van der Waals surface area contributed by atoms with E-state index in [4.69, 9.17) is 0 Å². The number of aromatic nitrogens is 2. The summed E-state index contributed by atoms with van der Waals surface area (Å²) in [5.41, 5.74) is 4.41. The van der Waals surface area contributed by atoms with Gasteiger partial charge in [0.25, 0.3) is 5.82 Å². The molecule has 1 aromatic heterocycles. The summed E-state index contributed by atoms with van der Waals surface area (Å²) >= 11 is 0. The van der Waals surface area contributed by atoms with Crippen LogP contribution in [-0.2, 0) is 25.9 Å². The molecule has 0 radical (unpaired) electrons. The zero-order chi connectivity index (χ0) is 31.8. The molecule has 45 heavy (non-hydrogen) atoms. The maximum absolute atomic E-state index is 2.74. The van der Waals surface area contributed by atoms with Crippen LogP contribution in [0.3, 0.4) is 0 Å². The zero-order valence-corrected chi connectivity index (χ0v) is 29.8. The summed E-state index contributed by atoms with van der Waals surface area (Å²) in [5, 5.41) is 0. The Labute approximate surface area is 279 Å². The molecule has 1 unspecified atom stereocenters. The standard InChI is InChI=1S/C43H69N2/c1-4-6-8-10-12-14-15-17-19-21-29-35-45-42(36-39(3)41-32-26-23-27-33-41)38-44(43(45)37-40-30-24-22-25-31-40)34-28-20-18-16-13-11-9-7-5-2/h22-27,30-33,38-39H,4-21,28-29,34-37H2,1-3H3/q+1. The van der Waals surface area contributed by atoms with Gasteiger partial charge in [-0.25, -0.2) is 9.13 Å². The van der Waals surface area contributed by atoms with Crippen molar-refractivity contribution in [1.29, 1.82) is 0 Å². The maximum Gasteiger partial charge on any atom is 0.261 e. The van der Waals surface area contributed by atoms with Crippen molar-refractivity contribution >= 4 is 0 Å². The van der Waals surface area contributed by atoms with Crippen molar-refractivity contribution in [2.75, 3.05) is 0 Å². The summed E-state index contributed by atoms with van der Waals surface area (Å²) in [7, 11) is 0. The van der Waals surface area contributed by atoms with E-state index < -0.39 is 0 Å². The molecule has 0 amide bonds. The van der Waals surface area contributed by atoms with Gasteiger partial charge in [-0.3, -0.25) is 0 Å². The largest absolute Gasteiger partial charge is 0.261 e. The van der Waals surface area contributed by atoms with Crippen LogP contribution in [0, 0.1) is 0 Å². The minimum atomic E-state index is 0.517. The van der Waals surface area contributed by atoms with Gasteiger partial charge in [-0.15, -0.1) is 0 Å². The van der Waals surface area contributed by atoms with Gasteiger partial charge in [0.1, 0.15) is 11.9 Å². The average Bonchev–Trinajstić information content (AvgIpc) is 3.38. The fraction of sp³-hybridized carbons (Fsp3) is 0.651. The molecule has 2 aromatic carbocycles. The lowest BCUT2D eigenvalue weighted by Gasteiger charge is -2.12. The number of rotatable bonds is 27. The molecule has 3 aromatic rings. The first-order chi connectivity index (χ1) is 22.2. The topological polar surface area (TPSA) is 8.81 Å². The summed E-state index contributed by atoms with van der Waals surface area (Å²) in [6, 6.07) is 22.3. The van der Waals surface area contributed by atoms with Crippen molar-refractivity contribution in [3.8, 4) is 0 Å². The molecule has 0 N–H and O–H groups in total. The van der Waals surface area contributed by atoms with Crippen molar-refractivity contribution in [3.05, 3.63) is 89.5 Å². The molecule has 2 heteroatoms. The maximum atomic E-state index is 2.74. The van der Waals surface area contributed by atoms with E-state index in [2.05, 4.69) is 96.8 Å². The van der Waals surface area contributed by atoms with E-state index in [9.17, 15) is 0 Å². The molecular weight excluding hydrogens is 544 g/mol. The number of unbranched alkanes of at least 4 members (excludes halogenated alkanes) is 18. The van der Waals surface area contributed by atoms with E-state index in [1.54, 1.807) is 0 Å². The van der Waals surface area contributed by atoms with E-state index in [0.29, 0.717) is 5.92 Å². The predicted molar refractivity (Wildman–Crippen MR) is 196 cm³/mol. The van der Waals surface area contributed by atoms with Gasteiger partial charge in [-0.1, -0.05) is 184 Å². The van der Waals surface area contributed by atoms with Gasteiger partial charge < -0.3 is 0 Å². The van der Waals surface area contributed by atoms with Gasteiger partial charge in [0.2, 0.25) is 0 Å². The highest BCUT2D eigenvalue weighted by molar-refractivity contribution is 5.22. The molecule has 0 saturated carbocycles. The Morgan fingerprint density at radius 3 is 1.56 bits per heavy atom. The molecule has 0 fully saturated rings. The minimum Gasteiger partial charge on any atom is -0.234 e. The van der Waals surface area contributed by atoms with Crippen molar-refractivity contribution in [2.24, 2.45) is 0 Å². The molecule has 0 bridgehead atoms. The first-order valence-electron chi connectivity index (χ1n) is 19.4. The van der Waals surface area contributed by atoms with E-state index in [-0.39, 0.29) is 0 Å². The van der Waals surface area contributed by atoms with Crippen molar-refractivity contribution in [1.82, 2.24) is 4.57 Å². The summed E-state index contributed by atoms with van der Waals surface area (Å²) in [6.45, 7) is 9.33. The smallest absolute Gasteiger partial charge is 0.234 e.